The number of aliphatic carboxylic acids is 1. The largest absolute Gasteiger partial charge is 0.480 e. The minimum atomic E-state index is -0.916. The zero-order chi connectivity index (χ0) is 14.5. The third-order valence-electron chi connectivity index (χ3n) is 3.42. The molecule has 2 N–H and O–H groups in total. The molecule has 0 aromatic carbocycles. The Hall–Kier alpha value is -1.89. The van der Waals surface area contributed by atoms with Gasteiger partial charge in [0.2, 0.25) is 11.8 Å². The van der Waals surface area contributed by atoms with Crippen molar-refractivity contribution in [1.82, 2.24) is 10.1 Å². The maximum atomic E-state index is 11.9. The molecule has 1 aliphatic rings. The fourth-order valence-corrected chi connectivity index (χ4v) is 2.54. The van der Waals surface area contributed by atoms with Crippen molar-refractivity contribution in [2.75, 3.05) is 18.4 Å². The number of amides is 1. The van der Waals surface area contributed by atoms with Crippen molar-refractivity contribution in [3.8, 4) is 0 Å². The molecule has 2 rings (SSSR count). The van der Waals surface area contributed by atoms with E-state index in [1.165, 1.54) is 0 Å². The van der Waals surface area contributed by atoms with Gasteiger partial charge in [0.25, 0.3) is 0 Å². The molecule has 1 aliphatic carbocycles. The first-order valence-corrected chi connectivity index (χ1v) is 6.73. The first-order valence-electron chi connectivity index (χ1n) is 6.73. The molecule has 1 aromatic heterocycles. The Morgan fingerprint density at radius 1 is 1.45 bits per heavy atom. The number of rotatable bonds is 6. The van der Waals surface area contributed by atoms with Crippen molar-refractivity contribution < 1.29 is 19.2 Å². The van der Waals surface area contributed by atoms with Crippen LogP contribution in [0.2, 0.25) is 0 Å². The van der Waals surface area contributed by atoms with Crippen molar-refractivity contribution in [3.05, 3.63) is 11.8 Å². The third-order valence-corrected chi connectivity index (χ3v) is 3.42. The van der Waals surface area contributed by atoms with Gasteiger partial charge < -0.3 is 9.63 Å². The van der Waals surface area contributed by atoms with Crippen LogP contribution < -0.4 is 5.32 Å². The fraction of sp³-hybridized carbons (Fsp3) is 0.615. The van der Waals surface area contributed by atoms with Gasteiger partial charge >= 0.3 is 5.97 Å². The van der Waals surface area contributed by atoms with Gasteiger partial charge in [0.1, 0.15) is 0 Å². The highest BCUT2D eigenvalue weighted by molar-refractivity contribution is 5.91. The highest BCUT2D eigenvalue weighted by Crippen LogP contribution is 2.23. The van der Waals surface area contributed by atoms with Crippen molar-refractivity contribution in [3.63, 3.8) is 0 Å². The smallest absolute Gasteiger partial charge is 0.317 e. The lowest BCUT2D eigenvalue weighted by atomic mass is 10.2. The number of nitrogens with zero attached hydrogens (tertiary/aromatic N) is 2. The molecule has 1 aromatic rings. The van der Waals surface area contributed by atoms with Crippen LogP contribution in [-0.2, 0) is 9.59 Å². The Labute approximate surface area is 116 Å². The molecule has 0 atom stereocenters. The Bertz CT molecular complexity index is 480. The van der Waals surface area contributed by atoms with Gasteiger partial charge in [0.15, 0.2) is 0 Å². The van der Waals surface area contributed by atoms with Gasteiger partial charge in [-0.05, 0) is 19.8 Å². The monoisotopic (exact) mass is 281 g/mol. The summed E-state index contributed by atoms with van der Waals surface area (Å²) in [5.74, 6) is -0.913. The minimum absolute atomic E-state index is 0.0523. The summed E-state index contributed by atoms with van der Waals surface area (Å²) in [4.78, 5) is 24.6. The maximum Gasteiger partial charge on any atom is 0.317 e. The van der Waals surface area contributed by atoms with Crippen LogP contribution in [0, 0.1) is 6.92 Å². The second kappa shape index (κ2) is 6.51. The second-order valence-corrected chi connectivity index (χ2v) is 5.12. The van der Waals surface area contributed by atoms with Gasteiger partial charge in [0, 0.05) is 12.1 Å². The standard InChI is InChI=1S/C13H19N3O4/c1-9-6-12(20-15-9)14-11(17)7-16(8-13(18)19)10-4-2-3-5-10/h6,10H,2-5,7-8H2,1H3,(H,14,17)(H,18,19). The van der Waals surface area contributed by atoms with Crippen LogP contribution in [0.25, 0.3) is 0 Å². The molecule has 7 nitrogen and oxygen atoms in total. The number of carbonyl (C=O) groups excluding carboxylic acids is 1. The number of nitrogens with one attached hydrogen (secondary N) is 1. The van der Waals surface area contributed by atoms with E-state index in [0.29, 0.717) is 5.69 Å². The maximum absolute atomic E-state index is 11.9. The quantitative estimate of drug-likeness (QED) is 0.814. The Morgan fingerprint density at radius 3 is 2.70 bits per heavy atom. The Kier molecular flexibility index (Phi) is 4.73. The first kappa shape index (κ1) is 14.5. The summed E-state index contributed by atoms with van der Waals surface area (Å²) < 4.78 is 4.91. The molecule has 1 saturated carbocycles. The van der Waals surface area contributed by atoms with Crippen molar-refractivity contribution >= 4 is 17.8 Å². The zero-order valence-corrected chi connectivity index (χ0v) is 11.5. The van der Waals surface area contributed by atoms with Crippen LogP contribution in [0.3, 0.4) is 0 Å². The summed E-state index contributed by atoms with van der Waals surface area (Å²) >= 11 is 0. The van der Waals surface area contributed by atoms with E-state index >= 15 is 0 Å². The number of carboxylic acids is 1. The lowest BCUT2D eigenvalue weighted by Gasteiger charge is -2.26. The number of carbonyl (C=O) groups is 2. The zero-order valence-electron chi connectivity index (χ0n) is 11.5. The predicted molar refractivity (Wildman–Crippen MR) is 71.3 cm³/mol. The van der Waals surface area contributed by atoms with Gasteiger partial charge in [-0.25, -0.2) is 0 Å². The molecule has 20 heavy (non-hydrogen) atoms. The van der Waals surface area contributed by atoms with E-state index in [1.54, 1.807) is 17.9 Å². The number of carboxylic acid groups (broad SMARTS) is 1. The molecular weight excluding hydrogens is 262 g/mol. The Balaban J connectivity index is 1.92. The van der Waals surface area contributed by atoms with Crippen LogP contribution in [0.15, 0.2) is 10.6 Å². The number of hydrogen-bond acceptors (Lipinski definition) is 5. The molecule has 0 bridgehead atoms. The SMILES string of the molecule is Cc1cc(NC(=O)CN(CC(=O)O)C2CCCC2)on1. The summed E-state index contributed by atoms with van der Waals surface area (Å²) in [6, 6.07) is 1.79. The third kappa shape index (κ3) is 4.06. The molecule has 0 saturated heterocycles. The second-order valence-electron chi connectivity index (χ2n) is 5.12. The van der Waals surface area contributed by atoms with Crippen LogP contribution >= 0.6 is 0 Å². The van der Waals surface area contributed by atoms with E-state index < -0.39 is 5.97 Å². The molecule has 0 unspecified atom stereocenters. The number of anilines is 1. The molecule has 0 aliphatic heterocycles. The van der Waals surface area contributed by atoms with Crippen LogP contribution in [-0.4, -0.2) is 46.2 Å². The molecule has 7 heteroatoms. The summed E-state index contributed by atoms with van der Waals surface area (Å²) in [6.45, 7) is 1.69. The van der Waals surface area contributed by atoms with Crippen molar-refractivity contribution in [1.29, 1.82) is 0 Å². The fourth-order valence-electron chi connectivity index (χ4n) is 2.54. The molecule has 1 amide bonds. The Morgan fingerprint density at radius 2 is 2.15 bits per heavy atom. The van der Waals surface area contributed by atoms with Gasteiger partial charge in [-0.3, -0.25) is 19.8 Å². The molecular formula is C13H19N3O4. The van der Waals surface area contributed by atoms with Gasteiger partial charge in [-0.15, -0.1) is 0 Å². The lowest BCUT2D eigenvalue weighted by molar-refractivity contribution is -0.139. The van der Waals surface area contributed by atoms with Crippen molar-refractivity contribution in [2.45, 2.75) is 38.6 Å². The highest BCUT2D eigenvalue weighted by Gasteiger charge is 2.26. The van der Waals surface area contributed by atoms with Crippen LogP contribution in [0.5, 0.6) is 0 Å². The van der Waals surface area contributed by atoms with Gasteiger partial charge in [0.05, 0.1) is 18.8 Å². The molecule has 0 spiro atoms. The van der Waals surface area contributed by atoms with E-state index in [1.807, 2.05) is 0 Å². The molecule has 110 valence electrons. The van der Waals surface area contributed by atoms with E-state index in [-0.39, 0.29) is 30.9 Å². The predicted octanol–water partition coefficient (Wildman–Crippen LogP) is 1.25. The summed E-state index contributed by atoms with van der Waals surface area (Å²) in [5.41, 5.74) is 0.679. The molecule has 0 radical (unpaired) electrons. The summed E-state index contributed by atoms with van der Waals surface area (Å²) in [6.07, 6.45) is 4.07. The molecule has 1 heterocycles. The van der Waals surface area contributed by atoms with Crippen LogP contribution in [0.1, 0.15) is 31.4 Å². The molecule has 1 fully saturated rings. The van der Waals surface area contributed by atoms with Crippen LogP contribution in [0.4, 0.5) is 5.88 Å². The average Bonchev–Trinajstić information content (AvgIpc) is 2.99. The number of hydrogen-bond donors (Lipinski definition) is 2. The van der Waals surface area contributed by atoms with Gasteiger partial charge in [-0.1, -0.05) is 18.0 Å². The number of aromatic nitrogens is 1. The van der Waals surface area contributed by atoms with E-state index in [0.717, 1.165) is 25.7 Å². The van der Waals surface area contributed by atoms with E-state index in [9.17, 15) is 9.59 Å². The van der Waals surface area contributed by atoms with Gasteiger partial charge in [-0.2, -0.15) is 0 Å². The lowest BCUT2D eigenvalue weighted by Crippen LogP contribution is -2.42. The van der Waals surface area contributed by atoms with Crippen molar-refractivity contribution in [2.24, 2.45) is 0 Å². The summed E-state index contributed by atoms with van der Waals surface area (Å²) in [5, 5.41) is 15.2. The minimum Gasteiger partial charge on any atom is -0.480 e. The number of aryl methyl sites for hydroxylation is 1. The highest BCUT2D eigenvalue weighted by atomic mass is 16.5. The normalized spacial score (nSPS) is 15.7. The summed E-state index contributed by atoms with van der Waals surface area (Å²) in [7, 11) is 0. The first-order chi connectivity index (χ1) is 9.54. The van der Waals surface area contributed by atoms with E-state index in [2.05, 4.69) is 10.5 Å². The topological polar surface area (TPSA) is 95.7 Å². The average molecular weight is 281 g/mol. The van der Waals surface area contributed by atoms with E-state index in [4.69, 9.17) is 9.63 Å².